The van der Waals surface area contributed by atoms with Gasteiger partial charge in [0.25, 0.3) is 0 Å². The van der Waals surface area contributed by atoms with Crippen LogP contribution in [0.4, 0.5) is 0 Å². The molecule has 88 valence electrons. The minimum atomic E-state index is 0. The molecule has 0 aromatic heterocycles. The quantitative estimate of drug-likeness (QED) is 0.541. The number of methoxy groups -OCH3 is 1. The molecule has 4 nitrogen and oxygen atoms in total. The van der Waals surface area contributed by atoms with Crippen LogP contribution in [0.5, 0.6) is 0 Å². The van der Waals surface area contributed by atoms with Gasteiger partial charge in [0.2, 0.25) is 0 Å². The van der Waals surface area contributed by atoms with Crippen molar-refractivity contribution in [1.82, 2.24) is 4.90 Å². The molecule has 3 fully saturated rings. The number of ether oxygens (including phenoxy) is 1. The Morgan fingerprint density at radius 1 is 1.33 bits per heavy atom. The summed E-state index contributed by atoms with van der Waals surface area (Å²) in [6, 6.07) is 0. The largest absolute Gasteiger partial charge is 0.393 e. The summed E-state index contributed by atoms with van der Waals surface area (Å²) in [5.74, 6) is 0.683. The number of nitrogens with zero attached hydrogens (tertiary/aromatic N) is 2. The molecule has 0 radical (unpaired) electrons. The van der Waals surface area contributed by atoms with Crippen molar-refractivity contribution in [1.29, 1.82) is 0 Å². The van der Waals surface area contributed by atoms with E-state index in [1.54, 1.807) is 7.11 Å². The summed E-state index contributed by atoms with van der Waals surface area (Å²) in [6.45, 7) is 4.67. The Hall–Kier alpha value is -0.320. The molecule has 0 aromatic rings. The first-order valence-electron chi connectivity index (χ1n) is 5.30. The third kappa shape index (κ3) is 3.33. The number of rotatable bonds is 4. The summed E-state index contributed by atoms with van der Waals surface area (Å²) >= 11 is 0. The lowest BCUT2D eigenvalue weighted by atomic mass is 9.87. The maximum absolute atomic E-state index is 5.20. The highest BCUT2D eigenvalue weighted by Gasteiger charge is 2.31. The van der Waals surface area contributed by atoms with Gasteiger partial charge in [-0.2, -0.15) is 0 Å². The predicted molar refractivity (Wildman–Crippen MR) is 61.7 cm³/mol. The molecular formula is C10H19ClN2O2. The molecule has 0 aromatic carbocycles. The first-order chi connectivity index (χ1) is 6.90. The highest BCUT2D eigenvalue weighted by molar-refractivity contribution is 5.89. The van der Waals surface area contributed by atoms with Crippen LogP contribution in [0, 0.1) is 5.92 Å². The van der Waals surface area contributed by atoms with Gasteiger partial charge in [-0.25, -0.2) is 0 Å². The van der Waals surface area contributed by atoms with E-state index in [0.29, 0.717) is 19.1 Å². The van der Waals surface area contributed by atoms with Gasteiger partial charge in [0, 0.05) is 19.6 Å². The summed E-state index contributed by atoms with van der Waals surface area (Å²) in [7, 11) is 1.67. The molecule has 3 heterocycles. The maximum atomic E-state index is 5.20. The molecule has 3 saturated heterocycles. The van der Waals surface area contributed by atoms with Crippen LogP contribution in [-0.4, -0.2) is 50.6 Å². The molecule has 15 heavy (non-hydrogen) atoms. The highest BCUT2D eigenvalue weighted by Crippen LogP contribution is 2.25. The summed E-state index contributed by atoms with van der Waals surface area (Å²) in [5, 5.41) is 4.20. The van der Waals surface area contributed by atoms with Crippen LogP contribution >= 0.6 is 12.4 Å². The Morgan fingerprint density at radius 3 is 2.60 bits per heavy atom. The van der Waals surface area contributed by atoms with Gasteiger partial charge in [0.15, 0.2) is 0 Å². The second kappa shape index (κ2) is 6.30. The molecule has 3 rings (SSSR count). The molecule has 2 bridgehead atoms. The minimum absolute atomic E-state index is 0. The molecule has 0 aliphatic carbocycles. The first kappa shape index (κ1) is 12.7. The summed E-state index contributed by atoms with van der Waals surface area (Å²) in [4.78, 5) is 7.65. The molecule has 3 aliphatic rings. The molecule has 5 heteroatoms. The van der Waals surface area contributed by atoms with E-state index >= 15 is 0 Å². The smallest absolute Gasteiger partial charge is 0.140 e. The van der Waals surface area contributed by atoms with Crippen molar-refractivity contribution in [3.05, 3.63) is 0 Å². The van der Waals surface area contributed by atoms with Crippen molar-refractivity contribution in [3.63, 3.8) is 0 Å². The van der Waals surface area contributed by atoms with Crippen LogP contribution in [0.2, 0.25) is 0 Å². The van der Waals surface area contributed by atoms with E-state index in [0.717, 1.165) is 6.54 Å². The molecule has 0 unspecified atom stereocenters. The van der Waals surface area contributed by atoms with Gasteiger partial charge in [0.05, 0.1) is 12.3 Å². The van der Waals surface area contributed by atoms with E-state index in [1.807, 2.05) is 0 Å². The zero-order valence-corrected chi connectivity index (χ0v) is 9.96. The van der Waals surface area contributed by atoms with E-state index in [-0.39, 0.29) is 12.4 Å². The van der Waals surface area contributed by atoms with Gasteiger partial charge in [-0.05, 0) is 25.9 Å². The standard InChI is InChI=1S/C10H18N2O2.ClH/c1-13-6-7-14-11-10-8-12-4-2-9(10)3-5-12;/h9H,2-8H2,1H3;1H. The van der Waals surface area contributed by atoms with Crippen LogP contribution in [0.25, 0.3) is 0 Å². The molecule has 0 saturated carbocycles. The second-order valence-corrected chi connectivity index (χ2v) is 3.96. The maximum Gasteiger partial charge on any atom is 0.140 e. The number of oxime groups is 1. The zero-order valence-electron chi connectivity index (χ0n) is 9.15. The van der Waals surface area contributed by atoms with Gasteiger partial charge < -0.3 is 9.57 Å². The Morgan fingerprint density at radius 2 is 2.07 bits per heavy atom. The fourth-order valence-corrected chi connectivity index (χ4v) is 2.14. The van der Waals surface area contributed by atoms with Crippen molar-refractivity contribution >= 4 is 18.1 Å². The lowest BCUT2D eigenvalue weighted by molar-refractivity contribution is 0.0707. The third-order valence-corrected chi connectivity index (χ3v) is 3.00. The molecule has 0 spiro atoms. The number of piperidine rings is 3. The molecule has 0 N–H and O–H groups in total. The second-order valence-electron chi connectivity index (χ2n) is 3.96. The van der Waals surface area contributed by atoms with Crippen LogP contribution in [0.1, 0.15) is 12.8 Å². The van der Waals surface area contributed by atoms with Gasteiger partial charge in [0.1, 0.15) is 6.61 Å². The third-order valence-electron chi connectivity index (χ3n) is 3.00. The first-order valence-corrected chi connectivity index (χ1v) is 5.30. The van der Waals surface area contributed by atoms with E-state index in [2.05, 4.69) is 10.1 Å². The van der Waals surface area contributed by atoms with Crippen molar-refractivity contribution in [2.24, 2.45) is 11.1 Å². The van der Waals surface area contributed by atoms with E-state index < -0.39 is 0 Å². The molecule has 0 atom stereocenters. The average molecular weight is 235 g/mol. The summed E-state index contributed by atoms with van der Waals surface area (Å²) in [5.41, 5.74) is 1.23. The van der Waals surface area contributed by atoms with Crippen LogP contribution in [0.15, 0.2) is 5.16 Å². The molecule has 0 amide bonds. The minimum Gasteiger partial charge on any atom is -0.393 e. The van der Waals surface area contributed by atoms with Crippen molar-refractivity contribution in [2.75, 3.05) is 40.0 Å². The Kier molecular flexibility index (Phi) is 5.36. The Bertz CT molecular complexity index is 215. The Balaban J connectivity index is 0.00000112. The van der Waals surface area contributed by atoms with Gasteiger partial charge in [-0.3, -0.25) is 4.90 Å². The fraction of sp³-hybridized carbons (Fsp3) is 0.900. The summed E-state index contributed by atoms with van der Waals surface area (Å²) < 4.78 is 4.89. The Labute approximate surface area is 97.0 Å². The predicted octanol–water partition coefficient (Wildman–Crippen LogP) is 1.15. The topological polar surface area (TPSA) is 34.1 Å². The molecule has 3 aliphatic heterocycles. The van der Waals surface area contributed by atoms with Gasteiger partial charge >= 0.3 is 0 Å². The number of fused-ring (bicyclic) bond motifs is 3. The van der Waals surface area contributed by atoms with Crippen molar-refractivity contribution in [3.8, 4) is 0 Å². The highest BCUT2D eigenvalue weighted by atomic mass is 35.5. The number of halogens is 1. The van der Waals surface area contributed by atoms with E-state index in [4.69, 9.17) is 9.57 Å². The van der Waals surface area contributed by atoms with E-state index in [9.17, 15) is 0 Å². The van der Waals surface area contributed by atoms with Crippen LogP contribution in [-0.2, 0) is 9.57 Å². The lowest BCUT2D eigenvalue weighted by Gasteiger charge is -2.39. The van der Waals surface area contributed by atoms with Gasteiger partial charge in [-0.15, -0.1) is 12.4 Å². The number of hydrogen-bond donors (Lipinski definition) is 0. The van der Waals surface area contributed by atoms with Gasteiger partial charge in [-0.1, -0.05) is 5.16 Å². The normalized spacial score (nSPS) is 31.4. The SMILES string of the molecule is COCCON=C1CN2CCC1CC2.Cl. The fourth-order valence-electron chi connectivity index (χ4n) is 2.14. The van der Waals surface area contributed by atoms with Crippen molar-refractivity contribution < 1.29 is 9.57 Å². The zero-order chi connectivity index (χ0) is 9.80. The van der Waals surface area contributed by atoms with Crippen LogP contribution < -0.4 is 0 Å². The molecular weight excluding hydrogens is 216 g/mol. The number of hydrogen-bond acceptors (Lipinski definition) is 4. The van der Waals surface area contributed by atoms with Crippen molar-refractivity contribution in [2.45, 2.75) is 12.8 Å². The summed E-state index contributed by atoms with van der Waals surface area (Å²) in [6.07, 6.45) is 2.51. The lowest BCUT2D eigenvalue weighted by Crippen LogP contribution is -2.47. The van der Waals surface area contributed by atoms with Crippen LogP contribution in [0.3, 0.4) is 0 Å². The van der Waals surface area contributed by atoms with E-state index in [1.165, 1.54) is 31.6 Å². The monoisotopic (exact) mass is 234 g/mol. The average Bonchev–Trinajstić information content (AvgIpc) is 2.26.